The molecule has 2 aromatic carbocycles. The van der Waals surface area contributed by atoms with Crippen molar-refractivity contribution >= 4 is 102 Å². The lowest BCUT2D eigenvalue weighted by atomic mass is 9.88. The van der Waals surface area contributed by atoms with Gasteiger partial charge in [0.1, 0.15) is 22.1 Å². The summed E-state index contributed by atoms with van der Waals surface area (Å²) in [6.07, 6.45) is 57.7. The minimum Gasteiger partial charge on any atom is -0.172 e. The van der Waals surface area contributed by atoms with Crippen LogP contribution in [0.2, 0.25) is 0 Å². The molecule has 460 valence electrons. The molecule has 8 rings (SSSR count). The van der Waals surface area contributed by atoms with E-state index in [1.165, 1.54) is 332 Å². The van der Waals surface area contributed by atoms with Gasteiger partial charge in [0.15, 0.2) is 0 Å². The van der Waals surface area contributed by atoms with E-state index in [4.69, 9.17) is 17.5 Å². The van der Waals surface area contributed by atoms with Crippen molar-refractivity contribution in [2.45, 2.75) is 297 Å². The highest BCUT2D eigenvalue weighted by Crippen LogP contribution is 2.49. The van der Waals surface area contributed by atoms with Gasteiger partial charge in [-0.15, -0.1) is 45.3 Å². The lowest BCUT2D eigenvalue weighted by Crippen LogP contribution is -2.05. The zero-order valence-electron chi connectivity index (χ0n) is 52.9. The Balaban J connectivity index is 1.04. The molecule has 0 fully saturated rings. The summed E-state index contributed by atoms with van der Waals surface area (Å²) >= 11 is 10.5. The smallest absolute Gasteiger partial charge is 0.114 e. The van der Waals surface area contributed by atoms with Crippen LogP contribution in [0.15, 0.2) is 59.3 Å². The third kappa shape index (κ3) is 21.2. The van der Waals surface area contributed by atoms with E-state index in [0.29, 0.717) is 11.8 Å². The Kier molecular flexibility index (Phi) is 31.3. The molecular weight excluding hydrogens is 1140 g/mol. The summed E-state index contributed by atoms with van der Waals surface area (Å²) in [6, 6.07) is 19.2. The van der Waals surface area contributed by atoms with E-state index in [0.717, 1.165) is 45.7 Å². The molecule has 0 aliphatic heterocycles. The van der Waals surface area contributed by atoms with E-state index in [9.17, 15) is 0 Å². The predicted molar refractivity (Wildman–Crippen MR) is 381 cm³/mol. The van der Waals surface area contributed by atoms with Gasteiger partial charge in [0.05, 0.1) is 23.5 Å². The zero-order chi connectivity index (χ0) is 58.2. The number of aromatic nitrogens is 4. The topological polar surface area (TPSA) is 51.6 Å². The Labute approximate surface area is 535 Å². The number of thiophene rings is 4. The second kappa shape index (κ2) is 39.2. The van der Waals surface area contributed by atoms with Crippen LogP contribution in [0.3, 0.4) is 0 Å². The van der Waals surface area contributed by atoms with Crippen LogP contribution in [0.1, 0.15) is 296 Å². The summed E-state index contributed by atoms with van der Waals surface area (Å²) in [5.41, 5.74) is 9.49. The monoisotopic (exact) mass is 1240 g/mol. The minimum atomic E-state index is 0.709. The molecule has 6 heterocycles. The van der Waals surface area contributed by atoms with Gasteiger partial charge in [-0.1, -0.05) is 297 Å². The van der Waals surface area contributed by atoms with Crippen LogP contribution in [0, 0.1) is 11.8 Å². The molecule has 0 N–H and O–H groups in total. The van der Waals surface area contributed by atoms with Crippen LogP contribution in [0.4, 0.5) is 0 Å². The first-order valence-corrected chi connectivity index (χ1v) is 39.6. The Morgan fingerprint density at radius 1 is 0.321 bits per heavy atom. The largest absolute Gasteiger partial charge is 0.172 e. The first-order valence-electron chi connectivity index (χ1n) is 34.8. The van der Waals surface area contributed by atoms with Crippen LogP contribution in [-0.4, -0.2) is 17.5 Å². The molecule has 4 nitrogen and oxygen atoms in total. The number of hydrogen-bond donors (Lipinski definition) is 0. The molecule has 0 radical (unpaired) electrons. The second-order valence-corrected chi connectivity index (χ2v) is 30.4. The first-order chi connectivity index (χ1) is 41.6. The highest BCUT2D eigenvalue weighted by Gasteiger charge is 2.25. The SMILES string of the molecule is CCCCCCCCCCCCC(CCCCCCCCCC)Cc1cc(-c2cc3c(cc(-c4cc(CC(CCCCCCCCCC)CCCCCCCCCCCC)c(-c5cccs5)s4)c4nsnc43)c3nsnc23)sc1-c1cccs1. The number of nitrogens with zero attached hydrogens (tertiary/aromatic N) is 4. The van der Waals surface area contributed by atoms with E-state index < -0.39 is 0 Å². The zero-order valence-corrected chi connectivity index (χ0v) is 57.8. The van der Waals surface area contributed by atoms with Gasteiger partial charge in [0, 0.05) is 51.2 Å². The van der Waals surface area contributed by atoms with E-state index >= 15 is 0 Å². The molecule has 6 aromatic heterocycles. The van der Waals surface area contributed by atoms with Crippen LogP contribution in [-0.2, 0) is 12.8 Å². The summed E-state index contributed by atoms with van der Waals surface area (Å²) in [5, 5.41) is 6.82. The number of benzene rings is 2. The van der Waals surface area contributed by atoms with Gasteiger partial charge in [-0.2, -0.15) is 17.5 Å². The molecule has 2 unspecified atom stereocenters. The first kappa shape index (κ1) is 67.1. The molecule has 0 amide bonds. The number of fused-ring (bicyclic) bond motifs is 5. The van der Waals surface area contributed by atoms with Crippen LogP contribution < -0.4 is 0 Å². The maximum atomic E-state index is 5.16. The fraction of sp³-hybridized carbons (Fsp3) is 0.649. The fourth-order valence-electron chi connectivity index (χ4n) is 13.4. The van der Waals surface area contributed by atoms with Gasteiger partial charge in [0.25, 0.3) is 0 Å². The summed E-state index contributed by atoms with van der Waals surface area (Å²) in [6.45, 7) is 9.30. The molecule has 0 saturated heterocycles. The van der Waals surface area contributed by atoms with Crippen molar-refractivity contribution in [3.63, 3.8) is 0 Å². The molecular formula is C74H108N4S6. The maximum Gasteiger partial charge on any atom is 0.114 e. The third-order valence-electron chi connectivity index (χ3n) is 18.4. The van der Waals surface area contributed by atoms with Crippen molar-refractivity contribution < 1.29 is 0 Å². The van der Waals surface area contributed by atoms with Gasteiger partial charge < -0.3 is 0 Å². The van der Waals surface area contributed by atoms with Gasteiger partial charge in [0.2, 0.25) is 0 Å². The van der Waals surface area contributed by atoms with Gasteiger partial charge in [-0.25, -0.2) is 0 Å². The summed E-state index contributed by atoms with van der Waals surface area (Å²) < 4.78 is 20.6. The van der Waals surface area contributed by atoms with E-state index in [1.54, 1.807) is 0 Å². The molecule has 8 aromatic rings. The van der Waals surface area contributed by atoms with Crippen molar-refractivity contribution in [1.29, 1.82) is 0 Å². The fourth-order valence-corrected chi connectivity index (χ4v) is 18.7. The quantitative estimate of drug-likeness (QED) is 0.0357. The van der Waals surface area contributed by atoms with E-state index in [-0.39, 0.29) is 0 Å². The lowest BCUT2D eigenvalue weighted by molar-refractivity contribution is 0.400. The maximum absolute atomic E-state index is 5.16. The molecule has 0 saturated carbocycles. The van der Waals surface area contributed by atoms with Crippen molar-refractivity contribution in [2.24, 2.45) is 11.8 Å². The molecule has 0 spiro atoms. The Morgan fingerprint density at radius 3 is 0.893 bits per heavy atom. The van der Waals surface area contributed by atoms with Gasteiger partial charge in [-0.05, 0) is 83.0 Å². The summed E-state index contributed by atoms with van der Waals surface area (Å²) in [5.74, 6) is 1.42. The Bertz CT molecular complexity index is 2770. The Morgan fingerprint density at radius 2 is 0.607 bits per heavy atom. The average Bonchev–Trinajstić information content (AvgIpc) is 3.52. The van der Waals surface area contributed by atoms with E-state index in [1.807, 2.05) is 45.3 Å². The van der Waals surface area contributed by atoms with Crippen LogP contribution in [0.5, 0.6) is 0 Å². The van der Waals surface area contributed by atoms with Crippen molar-refractivity contribution in [3.05, 3.63) is 70.4 Å². The van der Waals surface area contributed by atoms with Crippen LogP contribution in [0.25, 0.3) is 73.2 Å². The molecule has 0 aliphatic carbocycles. The third-order valence-corrected chi connectivity index (χ3v) is 24.0. The lowest BCUT2D eigenvalue weighted by Gasteiger charge is -2.17. The molecule has 10 heteroatoms. The molecule has 0 aliphatic rings. The van der Waals surface area contributed by atoms with Crippen molar-refractivity contribution in [1.82, 2.24) is 17.5 Å². The highest BCUT2D eigenvalue weighted by molar-refractivity contribution is 7.24. The number of hydrogen-bond acceptors (Lipinski definition) is 10. The normalized spacial score (nSPS) is 12.8. The highest BCUT2D eigenvalue weighted by atomic mass is 32.1. The second-order valence-electron chi connectivity index (χ2n) is 25.4. The Hall–Kier alpha value is -2.86. The molecule has 2 atom stereocenters. The molecule has 84 heavy (non-hydrogen) atoms. The van der Waals surface area contributed by atoms with Crippen molar-refractivity contribution in [3.8, 4) is 40.4 Å². The average molecular weight is 1250 g/mol. The predicted octanol–water partition coefficient (Wildman–Crippen LogP) is 27.8. The van der Waals surface area contributed by atoms with Gasteiger partial charge >= 0.3 is 0 Å². The number of rotatable bonds is 48. The van der Waals surface area contributed by atoms with Crippen molar-refractivity contribution in [2.75, 3.05) is 0 Å². The van der Waals surface area contributed by atoms with E-state index in [2.05, 4.69) is 87.0 Å². The van der Waals surface area contributed by atoms with Crippen LogP contribution >= 0.6 is 68.8 Å². The summed E-state index contributed by atoms with van der Waals surface area (Å²) in [7, 11) is 0. The molecule has 0 bridgehead atoms. The number of unbranched alkanes of at least 4 members (excludes halogenated alkanes) is 32. The minimum absolute atomic E-state index is 0.709. The summed E-state index contributed by atoms with van der Waals surface area (Å²) in [4.78, 5) is 8.31. The van der Waals surface area contributed by atoms with Gasteiger partial charge in [-0.3, -0.25) is 0 Å². The standard InChI is InChI=1S/C74H108N4S6/c1-5-9-13-17-21-25-27-31-35-39-45-57(43-37-33-29-23-19-15-11-7-3)51-59-53-67(81-73(59)65-47-41-49-79-65)63-55-61-62(69-71(63)77-83-75-69)56-64(72-70(61)76-84-78-72)68-54-60(74(82-68)66-48-42-50-80-66)52-58(44-38-34-30-24-20-16-12-8-4)46-40-36-32-28-26-22-18-14-10-6-2/h41-42,47-50,53-58H,5-40,43-46,51-52H2,1-4H3.